The molecule has 0 bridgehead atoms. The monoisotopic (exact) mass is 330 g/mol. The number of hydrogen-bond donors (Lipinski definition) is 1. The molecule has 0 spiro atoms. The molecule has 0 saturated heterocycles. The van der Waals surface area contributed by atoms with Crippen molar-refractivity contribution in [3.8, 4) is 0 Å². The van der Waals surface area contributed by atoms with Crippen molar-refractivity contribution in [3.63, 3.8) is 0 Å². The number of pyridine rings is 1. The van der Waals surface area contributed by atoms with Gasteiger partial charge in [0.25, 0.3) is 0 Å². The zero-order valence-corrected chi connectivity index (χ0v) is 14.1. The maximum Gasteiger partial charge on any atom is 0.357 e. The topological polar surface area (TPSA) is 64.2 Å². The van der Waals surface area contributed by atoms with Crippen molar-refractivity contribution in [2.24, 2.45) is 0 Å². The largest absolute Gasteiger partial charge is 0.461 e. The van der Waals surface area contributed by atoms with Gasteiger partial charge in [-0.05, 0) is 31.4 Å². The molecule has 0 aliphatic carbocycles. The lowest BCUT2D eigenvalue weighted by molar-refractivity contribution is 0.0514. The molecular weight excluding hydrogens is 312 g/mol. The van der Waals surface area contributed by atoms with Gasteiger partial charge >= 0.3 is 5.97 Å². The molecule has 3 aromatic rings. The maximum atomic E-state index is 12.2. The van der Waals surface area contributed by atoms with Crippen LogP contribution in [0.15, 0.2) is 29.3 Å². The Morgan fingerprint density at radius 2 is 2.17 bits per heavy atom. The van der Waals surface area contributed by atoms with Crippen LogP contribution in [0.2, 0.25) is 0 Å². The third kappa shape index (κ3) is 2.80. The minimum atomic E-state index is -0.420. The third-order valence-corrected chi connectivity index (χ3v) is 4.43. The summed E-state index contributed by atoms with van der Waals surface area (Å²) in [4.78, 5) is 21.0. The predicted octanol–water partition coefficient (Wildman–Crippen LogP) is 3.76. The molecule has 120 valence electrons. The van der Waals surface area contributed by atoms with E-state index in [-0.39, 0.29) is 0 Å². The highest BCUT2D eigenvalue weighted by Gasteiger charge is 2.20. The highest BCUT2D eigenvalue weighted by molar-refractivity contribution is 7.98. The second-order valence-corrected chi connectivity index (χ2v) is 5.94. The van der Waals surface area contributed by atoms with Gasteiger partial charge in [-0.1, -0.05) is 0 Å². The van der Waals surface area contributed by atoms with E-state index in [1.807, 2.05) is 12.3 Å². The molecule has 0 aliphatic heterocycles. The Kier molecular flexibility index (Phi) is 4.54. The Morgan fingerprint density at radius 1 is 1.35 bits per heavy atom. The van der Waals surface area contributed by atoms with Crippen LogP contribution in [-0.4, -0.2) is 35.9 Å². The molecule has 5 nitrogen and oxygen atoms in total. The van der Waals surface area contributed by atoms with Crippen LogP contribution in [0.4, 0.5) is 0 Å². The molecule has 0 saturated carbocycles. The molecule has 0 unspecified atom stereocenters. The van der Waals surface area contributed by atoms with Gasteiger partial charge in [-0.15, -0.1) is 11.8 Å². The van der Waals surface area contributed by atoms with Crippen molar-refractivity contribution in [1.29, 1.82) is 0 Å². The number of fused-ring (bicyclic) bond motifs is 3. The number of carbonyl (C=O) groups excluding carboxylic acids is 1. The summed E-state index contributed by atoms with van der Waals surface area (Å²) in [6.07, 6.45) is 3.72. The van der Waals surface area contributed by atoms with E-state index in [1.54, 1.807) is 32.0 Å². The molecular formula is C17H18N2O3S. The second-order valence-electron chi connectivity index (χ2n) is 5.06. The maximum absolute atomic E-state index is 12.2. The molecule has 1 aromatic carbocycles. The van der Waals surface area contributed by atoms with Crippen LogP contribution in [0.5, 0.6) is 0 Å². The van der Waals surface area contributed by atoms with E-state index < -0.39 is 5.97 Å². The molecule has 1 N–H and O–H groups in total. The van der Waals surface area contributed by atoms with Crippen molar-refractivity contribution in [1.82, 2.24) is 9.97 Å². The van der Waals surface area contributed by atoms with Gasteiger partial charge in [-0.2, -0.15) is 0 Å². The van der Waals surface area contributed by atoms with Gasteiger partial charge in [0.1, 0.15) is 0 Å². The summed E-state index contributed by atoms with van der Waals surface area (Å²) in [5.74, 6) is -0.420. The van der Waals surface area contributed by atoms with Gasteiger partial charge in [0.2, 0.25) is 0 Å². The number of ether oxygens (including phenoxy) is 2. The number of nitrogens with one attached hydrogen (secondary N) is 1. The van der Waals surface area contributed by atoms with E-state index in [0.717, 1.165) is 32.3 Å². The van der Waals surface area contributed by atoms with Gasteiger partial charge in [-0.25, -0.2) is 9.78 Å². The minimum absolute atomic E-state index is 0.301. The molecule has 23 heavy (non-hydrogen) atoms. The van der Waals surface area contributed by atoms with E-state index in [0.29, 0.717) is 18.9 Å². The average molecular weight is 330 g/mol. The van der Waals surface area contributed by atoms with E-state index >= 15 is 0 Å². The Morgan fingerprint density at radius 3 is 2.87 bits per heavy atom. The zero-order valence-electron chi connectivity index (χ0n) is 13.3. The molecule has 6 heteroatoms. The Hall–Kier alpha value is -2.05. The molecule has 3 rings (SSSR count). The normalized spacial score (nSPS) is 11.3. The number of nitrogens with zero attached hydrogens (tertiary/aromatic N) is 1. The number of H-pyrrole nitrogens is 1. The number of benzene rings is 1. The molecule has 0 aliphatic rings. The number of thioether (sulfide) groups is 1. The Balaban J connectivity index is 2.32. The molecule has 0 fully saturated rings. The van der Waals surface area contributed by atoms with Gasteiger partial charge in [0.05, 0.1) is 24.9 Å². The fourth-order valence-corrected chi connectivity index (χ4v) is 3.17. The van der Waals surface area contributed by atoms with Crippen LogP contribution in [0.25, 0.3) is 21.8 Å². The lowest BCUT2D eigenvalue weighted by Gasteiger charge is -2.09. The standard InChI is InChI=1S/C17H18N2O3S/c1-4-22-17(20)16-12(9-21-2)15-11-7-10(23-3)5-6-13(11)19-14(15)8-18-16/h5-8,19H,4,9H2,1-3H3. The number of hydrogen-bond acceptors (Lipinski definition) is 5. The summed E-state index contributed by atoms with van der Waals surface area (Å²) in [6, 6.07) is 6.23. The Labute approximate surface area is 138 Å². The summed E-state index contributed by atoms with van der Waals surface area (Å²) < 4.78 is 10.4. The molecule has 0 amide bonds. The first-order chi connectivity index (χ1) is 11.2. The third-order valence-electron chi connectivity index (χ3n) is 3.70. The number of esters is 1. The van der Waals surface area contributed by atoms with Crippen LogP contribution < -0.4 is 0 Å². The predicted molar refractivity (Wildman–Crippen MR) is 92.1 cm³/mol. The van der Waals surface area contributed by atoms with Crippen molar-refractivity contribution in [3.05, 3.63) is 35.7 Å². The SMILES string of the molecule is CCOC(=O)c1ncc2[nH]c3ccc(SC)cc3c2c1COC. The van der Waals surface area contributed by atoms with Crippen LogP contribution >= 0.6 is 11.8 Å². The van der Waals surface area contributed by atoms with E-state index in [2.05, 4.69) is 22.1 Å². The fraction of sp³-hybridized carbons (Fsp3) is 0.294. The minimum Gasteiger partial charge on any atom is -0.461 e. The quantitative estimate of drug-likeness (QED) is 0.570. The Bertz CT molecular complexity index is 873. The van der Waals surface area contributed by atoms with Crippen LogP contribution in [0, 0.1) is 0 Å². The van der Waals surface area contributed by atoms with Crippen molar-refractivity contribution < 1.29 is 14.3 Å². The molecule has 0 atom stereocenters. The van der Waals surface area contributed by atoms with Crippen LogP contribution in [0.1, 0.15) is 23.0 Å². The van der Waals surface area contributed by atoms with Crippen molar-refractivity contribution in [2.75, 3.05) is 20.0 Å². The molecule has 2 aromatic heterocycles. The summed E-state index contributed by atoms with van der Waals surface area (Å²) in [5.41, 5.74) is 2.97. The first-order valence-corrected chi connectivity index (χ1v) is 8.55. The average Bonchev–Trinajstić information content (AvgIpc) is 2.93. The summed E-state index contributed by atoms with van der Waals surface area (Å²) >= 11 is 1.68. The van der Waals surface area contributed by atoms with Crippen molar-refractivity contribution >= 4 is 39.5 Å². The fourth-order valence-electron chi connectivity index (χ4n) is 2.73. The first kappa shape index (κ1) is 15.8. The second kappa shape index (κ2) is 6.60. The van der Waals surface area contributed by atoms with Crippen LogP contribution in [-0.2, 0) is 16.1 Å². The zero-order chi connectivity index (χ0) is 16.4. The van der Waals surface area contributed by atoms with E-state index in [4.69, 9.17) is 9.47 Å². The lowest BCUT2D eigenvalue weighted by Crippen LogP contribution is -2.11. The summed E-state index contributed by atoms with van der Waals surface area (Å²) in [7, 11) is 1.61. The number of methoxy groups -OCH3 is 1. The number of rotatable bonds is 5. The number of carbonyl (C=O) groups is 1. The van der Waals surface area contributed by atoms with E-state index in [9.17, 15) is 4.79 Å². The lowest BCUT2D eigenvalue weighted by atomic mass is 10.1. The highest BCUT2D eigenvalue weighted by atomic mass is 32.2. The van der Waals surface area contributed by atoms with Gasteiger partial charge in [0.15, 0.2) is 5.69 Å². The first-order valence-electron chi connectivity index (χ1n) is 7.33. The van der Waals surface area contributed by atoms with Gasteiger partial charge < -0.3 is 14.5 Å². The van der Waals surface area contributed by atoms with Crippen molar-refractivity contribution in [2.45, 2.75) is 18.4 Å². The highest BCUT2D eigenvalue weighted by Crippen LogP contribution is 2.32. The van der Waals surface area contributed by atoms with Gasteiger partial charge in [0, 0.05) is 33.9 Å². The summed E-state index contributed by atoms with van der Waals surface area (Å²) in [5, 5.41) is 2.03. The van der Waals surface area contributed by atoms with Gasteiger partial charge in [-0.3, -0.25) is 0 Å². The number of aromatic amines is 1. The number of aromatic nitrogens is 2. The summed E-state index contributed by atoms with van der Waals surface area (Å²) in [6.45, 7) is 2.40. The molecule has 2 heterocycles. The molecule has 0 radical (unpaired) electrons. The smallest absolute Gasteiger partial charge is 0.357 e. The van der Waals surface area contributed by atoms with Crippen LogP contribution in [0.3, 0.4) is 0 Å². The van der Waals surface area contributed by atoms with E-state index in [1.165, 1.54) is 0 Å².